The number of esters is 1. The van der Waals surface area contributed by atoms with Gasteiger partial charge in [0.1, 0.15) is 5.60 Å². The highest BCUT2D eigenvalue weighted by Gasteiger charge is 2.25. The van der Waals surface area contributed by atoms with Gasteiger partial charge in [-0.05, 0) is 27.7 Å². The number of hydrogen-bond acceptors (Lipinski definition) is 8. The van der Waals surface area contributed by atoms with Crippen LogP contribution in [0.15, 0.2) is 18.6 Å². The van der Waals surface area contributed by atoms with Crippen molar-refractivity contribution in [1.29, 1.82) is 0 Å². The minimum Gasteiger partial charge on any atom is -0.455 e. The third kappa shape index (κ3) is 6.31. The van der Waals surface area contributed by atoms with Crippen LogP contribution in [0.4, 0.5) is 0 Å². The maximum absolute atomic E-state index is 12.4. The van der Waals surface area contributed by atoms with Crippen LogP contribution in [0.1, 0.15) is 52.0 Å². The van der Waals surface area contributed by atoms with E-state index >= 15 is 0 Å². The van der Waals surface area contributed by atoms with Gasteiger partial charge in [0.2, 0.25) is 0 Å². The summed E-state index contributed by atoms with van der Waals surface area (Å²) >= 11 is 0. The molecule has 2 aromatic rings. The monoisotopic (exact) mass is 398 g/mol. The Morgan fingerprint density at radius 2 is 1.70 bits per heavy atom. The molecule has 0 fully saturated rings. The Labute approximate surface area is 159 Å². The highest BCUT2D eigenvalue weighted by atomic mass is 32.2. The van der Waals surface area contributed by atoms with E-state index in [4.69, 9.17) is 8.92 Å². The van der Waals surface area contributed by atoms with Gasteiger partial charge in [0, 0.05) is 7.05 Å². The molecule has 0 aromatic carbocycles. The molecule has 0 aliphatic heterocycles. The summed E-state index contributed by atoms with van der Waals surface area (Å²) in [7, 11) is -2.05. The zero-order valence-corrected chi connectivity index (χ0v) is 17.5. The van der Waals surface area contributed by atoms with E-state index in [1.54, 1.807) is 27.8 Å². The van der Waals surface area contributed by atoms with Crippen LogP contribution in [-0.4, -0.2) is 45.5 Å². The van der Waals surface area contributed by atoms with E-state index in [-0.39, 0.29) is 23.0 Å². The summed E-state index contributed by atoms with van der Waals surface area (Å²) < 4.78 is 34.5. The number of ether oxygens (including phenoxy) is 1. The van der Waals surface area contributed by atoms with Gasteiger partial charge in [0.15, 0.2) is 17.3 Å². The van der Waals surface area contributed by atoms with Crippen molar-refractivity contribution in [2.24, 2.45) is 7.05 Å². The van der Waals surface area contributed by atoms with Gasteiger partial charge in [0.05, 0.1) is 29.9 Å². The highest BCUT2D eigenvalue weighted by Crippen LogP contribution is 2.23. The van der Waals surface area contributed by atoms with Crippen LogP contribution in [0, 0.1) is 0 Å². The number of aryl methyl sites for hydroxylation is 1. The average Bonchev–Trinajstić information content (AvgIpc) is 2.97. The molecule has 2 heterocycles. The van der Waals surface area contributed by atoms with Crippen LogP contribution < -0.4 is 4.18 Å². The Morgan fingerprint density at radius 3 is 2.19 bits per heavy atom. The smallest absolute Gasteiger partial charge is 0.357 e. The molecule has 150 valence electrons. The zero-order chi connectivity index (χ0) is 20.8. The predicted octanol–water partition coefficient (Wildman–Crippen LogP) is 2.59. The Morgan fingerprint density at radius 1 is 1.15 bits per heavy atom. The highest BCUT2D eigenvalue weighted by molar-refractivity contribution is 7.87. The van der Waals surface area contributed by atoms with E-state index in [0.717, 1.165) is 0 Å². The molecule has 0 spiro atoms. The molecule has 0 radical (unpaired) electrons. The molecule has 0 unspecified atom stereocenters. The van der Waals surface area contributed by atoms with Crippen LogP contribution in [0.5, 0.6) is 5.75 Å². The number of rotatable bonds is 5. The molecule has 10 heteroatoms. The molecule has 2 rings (SSSR count). The maximum Gasteiger partial charge on any atom is 0.357 e. The van der Waals surface area contributed by atoms with Crippen molar-refractivity contribution in [2.45, 2.75) is 47.1 Å². The first-order valence-electron chi connectivity index (χ1n) is 8.52. The van der Waals surface area contributed by atoms with Crippen LogP contribution >= 0.6 is 0 Å². The summed E-state index contributed by atoms with van der Waals surface area (Å²) in [5, 5.41) is 4.05. The molecular weight excluding hydrogens is 372 g/mol. The first-order chi connectivity index (χ1) is 12.5. The standard InChI is InChI=1S/C15H20N4O5S.C2H6/c1-6-25(21,22)24-10-7-16-13(17-8-10)11-9-18-19(5)12(11)14(20)23-15(2,3)4;1-2/h7-9H,6H2,1-5H3;1-2H3. The summed E-state index contributed by atoms with van der Waals surface area (Å²) in [6.45, 7) is 10.8. The van der Waals surface area contributed by atoms with Gasteiger partial charge in [-0.25, -0.2) is 14.8 Å². The second-order valence-corrected chi connectivity index (χ2v) is 8.06. The Bertz CT molecular complexity index is 868. The van der Waals surface area contributed by atoms with Crippen molar-refractivity contribution in [3.63, 3.8) is 0 Å². The molecule has 0 saturated heterocycles. The molecular formula is C17H26N4O5S. The van der Waals surface area contributed by atoms with E-state index < -0.39 is 21.7 Å². The molecule has 27 heavy (non-hydrogen) atoms. The fraction of sp³-hybridized carbons (Fsp3) is 0.529. The molecule has 0 amide bonds. The first kappa shape index (κ1) is 22.6. The van der Waals surface area contributed by atoms with Crippen LogP contribution in [0.2, 0.25) is 0 Å². The second-order valence-electron chi connectivity index (χ2n) is 6.20. The lowest BCUT2D eigenvalue weighted by molar-refractivity contribution is 0.00584. The lowest BCUT2D eigenvalue weighted by atomic mass is 10.2. The van der Waals surface area contributed by atoms with E-state index in [1.165, 1.54) is 30.2 Å². The average molecular weight is 398 g/mol. The van der Waals surface area contributed by atoms with Crippen molar-refractivity contribution in [3.8, 4) is 17.1 Å². The van der Waals surface area contributed by atoms with E-state index in [9.17, 15) is 13.2 Å². The first-order valence-corrected chi connectivity index (χ1v) is 10.1. The number of carbonyl (C=O) groups is 1. The van der Waals surface area contributed by atoms with Crippen molar-refractivity contribution >= 4 is 16.1 Å². The Balaban J connectivity index is 0.00000176. The number of nitrogens with zero attached hydrogens (tertiary/aromatic N) is 4. The normalized spacial score (nSPS) is 11.4. The Hall–Kier alpha value is -2.49. The molecule has 0 saturated carbocycles. The Kier molecular flexibility index (Phi) is 7.46. The van der Waals surface area contributed by atoms with Crippen LogP contribution in [-0.2, 0) is 21.9 Å². The quantitative estimate of drug-likeness (QED) is 0.558. The molecule has 2 aromatic heterocycles. The molecule has 0 aliphatic carbocycles. The van der Waals surface area contributed by atoms with Crippen molar-refractivity contribution in [2.75, 3.05) is 5.75 Å². The minimum atomic E-state index is -3.66. The summed E-state index contributed by atoms with van der Waals surface area (Å²) in [6, 6.07) is 0. The van der Waals surface area contributed by atoms with Gasteiger partial charge < -0.3 is 8.92 Å². The molecule has 0 N–H and O–H groups in total. The van der Waals surface area contributed by atoms with Gasteiger partial charge in [-0.3, -0.25) is 4.68 Å². The summed E-state index contributed by atoms with van der Waals surface area (Å²) in [6.07, 6.45) is 3.89. The molecule has 0 aliphatic rings. The number of hydrogen-bond donors (Lipinski definition) is 0. The third-order valence-corrected chi connectivity index (χ3v) is 4.13. The van der Waals surface area contributed by atoms with Crippen molar-refractivity contribution in [3.05, 3.63) is 24.3 Å². The molecule has 9 nitrogen and oxygen atoms in total. The fourth-order valence-corrected chi connectivity index (χ4v) is 2.37. The summed E-state index contributed by atoms with van der Waals surface area (Å²) in [4.78, 5) is 20.5. The number of carbonyl (C=O) groups excluding carboxylic acids is 1. The maximum atomic E-state index is 12.4. The number of aromatic nitrogens is 4. The predicted molar refractivity (Wildman–Crippen MR) is 101 cm³/mol. The molecule has 0 bridgehead atoms. The largest absolute Gasteiger partial charge is 0.455 e. The van der Waals surface area contributed by atoms with Crippen molar-refractivity contribution < 1.29 is 22.1 Å². The van der Waals surface area contributed by atoms with Gasteiger partial charge in [-0.15, -0.1) is 0 Å². The van der Waals surface area contributed by atoms with Gasteiger partial charge in [-0.2, -0.15) is 13.5 Å². The van der Waals surface area contributed by atoms with Crippen LogP contribution in [0.3, 0.4) is 0 Å². The fourth-order valence-electron chi connectivity index (χ4n) is 1.87. The van der Waals surface area contributed by atoms with E-state index in [0.29, 0.717) is 5.56 Å². The van der Waals surface area contributed by atoms with Crippen molar-refractivity contribution in [1.82, 2.24) is 19.7 Å². The lowest BCUT2D eigenvalue weighted by Crippen LogP contribution is -2.25. The van der Waals surface area contributed by atoms with E-state index in [1.807, 2.05) is 13.8 Å². The SMILES string of the molecule is CC.CCS(=O)(=O)Oc1cnc(-c2cnn(C)c2C(=O)OC(C)(C)C)nc1. The summed E-state index contributed by atoms with van der Waals surface area (Å²) in [5.41, 5.74) is -0.0856. The summed E-state index contributed by atoms with van der Waals surface area (Å²) in [5.74, 6) is -0.524. The topological polar surface area (TPSA) is 113 Å². The minimum absolute atomic E-state index is 0.00620. The zero-order valence-electron chi connectivity index (χ0n) is 16.7. The molecule has 0 atom stereocenters. The lowest BCUT2D eigenvalue weighted by Gasteiger charge is -2.19. The third-order valence-electron chi connectivity index (χ3n) is 2.98. The van der Waals surface area contributed by atoms with Gasteiger partial charge in [0.25, 0.3) is 0 Å². The van der Waals surface area contributed by atoms with Gasteiger partial charge in [-0.1, -0.05) is 13.8 Å². The van der Waals surface area contributed by atoms with Crippen LogP contribution in [0.25, 0.3) is 11.4 Å². The van der Waals surface area contributed by atoms with Gasteiger partial charge >= 0.3 is 16.1 Å². The second kappa shape index (κ2) is 8.94. The van der Waals surface area contributed by atoms with E-state index in [2.05, 4.69) is 15.1 Å².